The topological polar surface area (TPSA) is 47.4 Å². The van der Waals surface area contributed by atoms with Gasteiger partial charge in [0.25, 0.3) is 0 Å². The number of piperidine rings is 1. The van der Waals surface area contributed by atoms with E-state index in [4.69, 9.17) is 4.74 Å². The summed E-state index contributed by atoms with van der Waals surface area (Å²) in [5.41, 5.74) is 0. The molecule has 1 aromatic heterocycles. The molecule has 2 unspecified atom stereocenters. The largest absolute Gasteiger partial charge is 0.378 e. The van der Waals surface area contributed by atoms with E-state index in [1.165, 1.54) is 6.42 Å². The summed E-state index contributed by atoms with van der Waals surface area (Å²) in [6.07, 6.45) is 9.99. The van der Waals surface area contributed by atoms with Crippen LogP contribution in [0.4, 0.5) is 0 Å². The lowest BCUT2D eigenvalue weighted by Crippen LogP contribution is -2.46. The van der Waals surface area contributed by atoms with E-state index in [9.17, 15) is 4.79 Å². The van der Waals surface area contributed by atoms with Gasteiger partial charge in [0.05, 0.1) is 25.1 Å². The molecule has 0 aromatic carbocycles. The van der Waals surface area contributed by atoms with Crippen LogP contribution in [-0.2, 0) is 16.1 Å². The van der Waals surface area contributed by atoms with E-state index >= 15 is 0 Å². The smallest absolute Gasteiger partial charge is 0.225 e. The van der Waals surface area contributed by atoms with Crippen LogP contribution in [0.1, 0.15) is 38.5 Å². The van der Waals surface area contributed by atoms with Crippen LogP contribution in [0.15, 0.2) is 18.5 Å². The number of aromatic nitrogens is 2. The highest BCUT2D eigenvalue weighted by Crippen LogP contribution is 2.22. The second-order valence-corrected chi connectivity index (χ2v) is 5.80. The predicted octanol–water partition coefficient (Wildman–Crippen LogP) is 1.83. The lowest BCUT2D eigenvalue weighted by molar-refractivity contribution is -0.137. The van der Waals surface area contributed by atoms with Crippen LogP contribution < -0.4 is 0 Å². The molecular weight excluding hydrogens is 254 g/mol. The van der Waals surface area contributed by atoms with Crippen molar-refractivity contribution < 1.29 is 9.53 Å². The highest BCUT2D eigenvalue weighted by atomic mass is 16.5. The summed E-state index contributed by atoms with van der Waals surface area (Å²) in [5, 5.41) is 4.26. The normalized spacial score (nSPS) is 26.9. The summed E-state index contributed by atoms with van der Waals surface area (Å²) < 4.78 is 7.52. The first kappa shape index (κ1) is 13.6. The molecule has 2 saturated heterocycles. The zero-order valence-electron chi connectivity index (χ0n) is 11.9. The molecule has 2 aliphatic heterocycles. The molecular formula is C15H23N3O2. The molecule has 0 N–H and O–H groups in total. The molecule has 3 heterocycles. The molecule has 0 radical (unpaired) electrons. The van der Waals surface area contributed by atoms with Gasteiger partial charge in [-0.1, -0.05) is 0 Å². The lowest BCUT2D eigenvalue weighted by atomic mass is 10.0. The Morgan fingerprint density at radius 1 is 1.30 bits per heavy atom. The summed E-state index contributed by atoms with van der Waals surface area (Å²) in [5.74, 6) is 0.258. The van der Waals surface area contributed by atoms with Crippen molar-refractivity contribution in [1.82, 2.24) is 14.7 Å². The molecule has 0 saturated carbocycles. The number of likely N-dealkylation sites (tertiary alicyclic amines) is 1. The van der Waals surface area contributed by atoms with Gasteiger partial charge in [0.15, 0.2) is 0 Å². The van der Waals surface area contributed by atoms with Gasteiger partial charge in [-0.05, 0) is 38.2 Å². The fraction of sp³-hybridized carbons (Fsp3) is 0.733. The van der Waals surface area contributed by atoms with E-state index < -0.39 is 0 Å². The summed E-state index contributed by atoms with van der Waals surface area (Å²) >= 11 is 0. The molecule has 20 heavy (non-hydrogen) atoms. The Kier molecular flexibility index (Phi) is 4.35. The number of hydrogen-bond acceptors (Lipinski definition) is 3. The number of ether oxygens (including phenoxy) is 1. The molecule has 110 valence electrons. The maximum absolute atomic E-state index is 12.5. The number of amides is 1. The second-order valence-electron chi connectivity index (χ2n) is 5.80. The first-order chi connectivity index (χ1) is 9.83. The average molecular weight is 277 g/mol. The van der Waals surface area contributed by atoms with Gasteiger partial charge in [0.2, 0.25) is 5.91 Å². The van der Waals surface area contributed by atoms with Crippen LogP contribution in [0.2, 0.25) is 0 Å². The zero-order valence-corrected chi connectivity index (χ0v) is 11.9. The molecule has 0 aliphatic carbocycles. The van der Waals surface area contributed by atoms with Crippen molar-refractivity contribution in [3.63, 3.8) is 0 Å². The van der Waals surface area contributed by atoms with E-state index in [0.717, 1.165) is 45.4 Å². The highest BCUT2D eigenvalue weighted by molar-refractivity contribution is 5.77. The van der Waals surface area contributed by atoms with Crippen molar-refractivity contribution >= 4 is 5.91 Å². The molecule has 5 heteroatoms. The fourth-order valence-electron chi connectivity index (χ4n) is 3.26. The van der Waals surface area contributed by atoms with Gasteiger partial charge >= 0.3 is 0 Å². The number of rotatable bonds is 4. The van der Waals surface area contributed by atoms with Crippen LogP contribution in [0.5, 0.6) is 0 Å². The third-order valence-corrected chi connectivity index (χ3v) is 4.33. The Morgan fingerprint density at radius 2 is 2.25 bits per heavy atom. The Labute approximate surface area is 119 Å². The van der Waals surface area contributed by atoms with Crippen molar-refractivity contribution in [1.29, 1.82) is 0 Å². The third-order valence-electron chi connectivity index (χ3n) is 4.33. The first-order valence-electron chi connectivity index (χ1n) is 7.71. The quantitative estimate of drug-likeness (QED) is 0.843. The van der Waals surface area contributed by atoms with Crippen LogP contribution in [0.3, 0.4) is 0 Å². The van der Waals surface area contributed by atoms with E-state index in [0.29, 0.717) is 6.42 Å². The molecule has 1 amide bonds. The molecule has 2 atom stereocenters. The number of carbonyl (C=O) groups excluding carboxylic acids is 1. The molecule has 2 aliphatic rings. The minimum atomic E-state index is 0.148. The highest BCUT2D eigenvalue weighted by Gasteiger charge is 2.29. The fourth-order valence-corrected chi connectivity index (χ4v) is 3.26. The molecule has 2 fully saturated rings. The SMILES string of the molecule is O=C(CC1CCCO1)N1CCCCC1Cn1cccn1. The Bertz CT molecular complexity index is 426. The van der Waals surface area contributed by atoms with Gasteiger partial charge in [-0.15, -0.1) is 0 Å². The molecule has 0 spiro atoms. The third kappa shape index (κ3) is 3.20. The van der Waals surface area contributed by atoms with E-state index in [1.54, 1.807) is 6.20 Å². The molecule has 1 aromatic rings. The Morgan fingerprint density at radius 3 is 3.00 bits per heavy atom. The predicted molar refractivity (Wildman–Crippen MR) is 75.2 cm³/mol. The van der Waals surface area contributed by atoms with Crippen molar-refractivity contribution in [3.05, 3.63) is 18.5 Å². The van der Waals surface area contributed by atoms with Crippen LogP contribution >= 0.6 is 0 Å². The maximum atomic E-state index is 12.5. The summed E-state index contributed by atoms with van der Waals surface area (Å²) in [6, 6.07) is 2.22. The van der Waals surface area contributed by atoms with E-state index in [1.807, 2.05) is 16.9 Å². The minimum absolute atomic E-state index is 0.148. The van der Waals surface area contributed by atoms with Gasteiger partial charge in [-0.2, -0.15) is 5.10 Å². The number of nitrogens with zero attached hydrogens (tertiary/aromatic N) is 3. The summed E-state index contributed by atoms with van der Waals surface area (Å²) in [6.45, 7) is 2.51. The van der Waals surface area contributed by atoms with Crippen molar-refractivity contribution in [2.24, 2.45) is 0 Å². The summed E-state index contributed by atoms with van der Waals surface area (Å²) in [4.78, 5) is 14.6. The van der Waals surface area contributed by atoms with Gasteiger partial charge in [-0.3, -0.25) is 9.48 Å². The Balaban J connectivity index is 1.60. The standard InChI is InChI=1S/C15H23N3O2/c19-15(11-14-6-3-10-20-14)18-9-2-1-5-13(18)12-17-8-4-7-16-17/h4,7-8,13-14H,1-3,5-6,9-12H2. The van der Waals surface area contributed by atoms with Crippen LogP contribution in [0, 0.1) is 0 Å². The van der Waals surface area contributed by atoms with Crippen molar-refractivity contribution in [2.45, 2.75) is 57.2 Å². The molecule has 0 bridgehead atoms. The van der Waals surface area contributed by atoms with Gasteiger partial charge in [-0.25, -0.2) is 0 Å². The van der Waals surface area contributed by atoms with Gasteiger partial charge < -0.3 is 9.64 Å². The lowest BCUT2D eigenvalue weighted by Gasteiger charge is -2.36. The monoisotopic (exact) mass is 277 g/mol. The zero-order chi connectivity index (χ0) is 13.8. The summed E-state index contributed by atoms with van der Waals surface area (Å²) in [7, 11) is 0. The molecule has 5 nitrogen and oxygen atoms in total. The van der Waals surface area contributed by atoms with E-state index in [-0.39, 0.29) is 18.1 Å². The first-order valence-corrected chi connectivity index (χ1v) is 7.71. The average Bonchev–Trinajstić information content (AvgIpc) is 3.13. The van der Waals surface area contributed by atoms with E-state index in [2.05, 4.69) is 10.00 Å². The maximum Gasteiger partial charge on any atom is 0.225 e. The Hall–Kier alpha value is -1.36. The van der Waals surface area contributed by atoms with Crippen LogP contribution in [0.25, 0.3) is 0 Å². The second kappa shape index (κ2) is 6.39. The van der Waals surface area contributed by atoms with Gasteiger partial charge in [0.1, 0.15) is 0 Å². The van der Waals surface area contributed by atoms with Crippen LogP contribution in [-0.4, -0.2) is 45.9 Å². The molecule has 3 rings (SSSR count). The van der Waals surface area contributed by atoms with Crippen molar-refractivity contribution in [2.75, 3.05) is 13.2 Å². The van der Waals surface area contributed by atoms with Gasteiger partial charge in [0, 0.05) is 25.5 Å². The number of hydrogen-bond donors (Lipinski definition) is 0. The number of carbonyl (C=O) groups is 1. The minimum Gasteiger partial charge on any atom is -0.378 e. The van der Waals surface area contributed by atoms with Crippen molar-refractivity contribution in [3.8, 4) is 0 Å².